The van der Waals surface area contributed by atoms with Gasteiger partial charge in [-0.1, -0.05) is 35.4 Å². The number of benzene rings is 1. The van der Waals surface area contributed by atoms with Gasteiger partial charge in [-0.3, -0.25) is 0 Å². The molecule has 1 heterocycles. The Morgan fingerprint density at radius 2 is 2.17 bits per heavy atom. The van der Waals surface area contributed by atoms with Gasteiger partial charge in [0.1, 0.15) is 0 Å². The molecule has 0 atom stereocenters. The highest BCUT2D eigenvalue weighted by atomic mass is 35.5. The van der Waals surface area contributed by atoms with E-state index < -0.39 is 25.2 Å². The monoisotopic (exact) mass is 275 g/mol. The van der Waals surface area contributed by atoms with Crippen LogP contribution >= 0.6 is 9.07 Å². The number of nitrogens with zero attached hydrogens (tertiary/aromatic N) is 1. The Balaban J connectivity index is 2.70. The second-order valence-electron chi connectivity index (χ2n) is 4.28. The number of carboxylic acid groups (broad SMARTS) is 1. The van der Waals surface area contributed by atoms with Gasteiger partial charge >= 0.3 is 25.2 Å². The Kier molecular flexibility index (Phi) is 4.53. The number of aromatic carboxylic acids is 1. The molecule has 0 spiro atoms. The van der Waals surface area contributed by atoms with Crippen molar-refractivity contribution in [2.45, 2.75) is 26.3 Å². The molecular formula is C13H14ClMgNO2. The molecule has 1 aromatic heterocycles. The summed E-state index contributed by atoms with van der Waals surface area (Å²) in [5.74, 6) is -0.871. The summed E-state index contributed by atoms with van der Waals surface area (Å²) in [6.45, 7) is 2.97. The van der Waals surface area contributed by atoms with E-state index in [4.69, 9.17) is 9.07 Å². The van der Waals surface area contributed by atoms with Gasteiger partial charge in [0.25, 0.3) is 0 Å². The summed E-state index contributed by atoms with van der Waals surface area (Å²) in [5, 5.41) is 10.2. The van der Waals surface area contributed by atoms with E-state index in [9.17, 15) is 9.90 Å². The zero-order chi connectivity index (χ0) is 13.1. The molecule has 0 radical (unpaired) electrons. The van der Waals surface area contributed by atoms with E-state index in [0.717, 1.165) is 34.1 Å². The molecule has 0 aliphatic rings. The minimum Gasteiger partial charge on any atom is -0.478 e. The third kappa shape index (κ3) is 2.37. The Labute approximate surface area is 119 Å². The molecule has 92 valence electrons. The maximum Gasteiger partial charge on any atom is 0.562 e. The molecular weight excluding hydrogens is 262 g/mol. The summed E-state index contributed by atoms with van der Waals surface area (Å²) >= 11 is -1.04. The Morgan fingerprint density at radius 3 is 2.78 bits per heavy atom. The number of unbranched alkanes of at least 4 members (excludes halogenated alkanes) is 1. The van der Waals surface area contributed by atoms with Crippen LogP contribution < -0.4 is 3.82 Å². The van der Waals surface area contributed by atoms with Crippen LogP contribution in [-0.4, -0.2) is 34.9 Å². The van der Waals surface area contributed by atoms with Gasteiger partial charge < -0.3 is 18.7 Å². The van der Waals surface area contributed by atoms with Crippen LogP contribution in [0, 0.1) is 0 Å². The predicted octanol–water partition coefficient (Wildman–Crippen LogP) is 2.62. The molecule has 0 fully saturated rings. The van der Waals surface area contributed by atoms with Gasteiger partial charge in [-0.05, 0) is 12.5 Å². The molecule has 0 bridgehead atoms. The minimum atomic E-state index is -1.04. The van der Waals surface area contributed by atoms with Gasteiger partial charge in [0.05, 0.1) is 5.56 Å². The van der Waals surface area contributed by atoms with Gasteiger partial charge in [-0.2, -0.15) is 0 Å². The third-order valence-electron chi connectivity index (χ3n) is 3.15. The maximum absolute atomic E-state index is 11.4. The second-order valence-corrected chi connectivity index (χ2v) is 6.02. The summed E-state index contributed by atoms with van der Waals surface area (Å²) < 4.78 is 2.94. The van der Waals surface area contributed by atoms with Crippen molar-refractivity contribution in [2.24, 2.45) is 0 Å². The van der Waals surface area contributed by atoms with Crippen LogP contribution in [0.25, 0.3) is 10.9 Å². The molecule has 5 heteroatoms. The van der Waals surface area contributed by atoms with Gasteiger partial charge in [0, 0.05) is 17.4 Å². The molecule has 0 aliphatic carbocycles. The summed E-state index contributed by atoms with van der Waals surface area (Å²) in [4.78, 5) is 11.4. The van der Waals surface area contributed by atoms with Crippen molar-refractivity contribution in [2.75, 3.05) is 0 Å². The van der Waals surface area contributed by atoms with Crippen LogP contribution in [0.15, 0.2) is 24.3 Å². The number of carboxylic acids is 1. The topological polar surface area (TPSA) is 42.2 Å². The largest absolute Gasteiger partial charge is 0.562 e. The number of para-hydroxylation sites is 1. The fraction of sp³-hybridized carbons (Fsp3) is 0.308. The van der Waals surface area contributed by atoms with Gasteiger partial charge in [-0.15, -0.1) is 0 Å². The second kappa shape index (κ2) is 5.95. The number of hydrogen-bond donors (Lipinski definition) is 1. The van der Waals surface area contributed by atoms with Gasteiger partial charge in [0.15, 0.2) is 0 Å². The first-order chi connectivity index (χ1) is 8.70. The fourth-order valence-corrected chi connectivity index (χ4v) is 4.09. The summed E-state index contributed by atoms with van der Waals surface area (Å²) in [5.41, 5.74) is 1.40. The lowest BCUT2D eigenvalue weighted by Gasteiger charge is -2.09. The van der Waals surface area contributed by atoms with Gasteiger partial charge in [-0.25, -0.2) is 4.79 Å². The smallest absolute Gasteiger partial charge is 0.478 e. The molecule has 1 aromatic carbocycles. The molecule has 0 amide bonds. The van der Waals surface area contributed by atoms with Crippen LogP contribution in [0.3, 0.4) is 0 Å². The van der Waals surface area contributed by atoms with E-state index in [0.29, 0.717) is 5.56 Å². The number of aromatic nitrogens is 1. The lowest BCUT2D eigenvalue weighted by atomic mass is 10.2. The predicted molar refractivity (Wildman–Crippen MR) is 75.0 cm³/mol. The number of aryl methyl sites for hydroxylation is 1. The van der Waals surface area contributed by atoms with Gasteiger partial charge in [0.2, 0.25) is 0 Å². The van der Waals surface area contributed by atoms with Crippen molar-refractivity contribution in [3.63, 3.8) is 0 Å². The van der Waals surface area contributed by atoms with Crippen molar-refractivity contribution in [3.8, 4) is 0 Å². The van der Waals surface area contributed by atoms with Crippen LogP contribution in [0.1, 0.15) is 30.1 Å². The molecule has 2 aromatic rings. The molecule has 3 nitrogen and oxygen atoms in total. The molecule has 0 unspecified atom stereocenters. The van der Waals surface area contributed by atoms with Crippen molar-refractivity contribution in [1.29, 1.82) is 0 Å². The van der Waals surface area contributed by atoms with Crippen LogP contribution in [-0.2, 0) is 6.54 Å². The molecule has 2 rings (SSSR count). The number of carbonyl (C=O) groups is 1. The summed E-state index contributed by atoms with van der Waals surface area (Å²) in [7, 11) is 6.09. The molecule has 0 saturated carbocycles. The van der Waals surface area contributed by atoms with Crippen LogP contribution in [0.5, 0.6) is 0 Å². The average molecular weight is 276 g/mol. The van der Waals surface area contributed by atoms with Crippen LogP contribution in [0.2, 0.25) is 0 Å². The molecule has 18 heavy (non-hydrogen) atoms. The van der Waals surface area contributed by atoms with E-state index in [2.05, 4.69) is 11.5 Å². The molecule has 0 saturated heterocycles. The third-order valence-corrected chi connectivity index (χ3v) is 4.90. The first-order valence-corrected chi connectivity index (χ1v) is 8.94. The number of halogens is 1. The SMILES string of the molecule is CCCCn1[c]([Mg][Cl])c(C(=O)O)c2ccccc21. The Hall–Kier alpha value is -0.714. The molecule has 0 aliphatic heterocycles. The lowest BCUT2D eigenvalue weighted by molar-refractivity contribution is 0.0700. The zero-order valence-corrected chi connectivity index (χ0v) is 12.5. The van der Waals surface area contributed by atoms with E-state index >= 15 is 0 Å². The first-order valence-electron chi connectivity index (χ1n) is 6.10. The highest BCUT2D eigenvalue weighted by Gasteiger charge is 2.21. The number of fused-ring (bicyclic) bond motifs is 1. The average Bonchev–Trinajstić information content (AvgIpc) is 2.70. The normalized spacial score (nSPS) is 10.6. The van der Waals surface area contributed by atoms with E-state index in [1.165, 1.54) is 0 Å². The summed E-state index contributed by atoms with van der Waals surface area (Å²) in [6, 6.07) is 7.65. The Morgan fingerprint density at radius 1 is 1.44 bits per heavy atom. The van der Waals surface area contributed by atoms with Crippen LogP contribution in [0.4, 0.5) is 0 Å². The highest BCUT2D eigenvalue weighted by molar-refractivity contribution is 7.01. The fourth-order valence-electron chi connectivity index (χ4n) is 2.31. The van der Waals surface area contributed by atoms with Crippen molar-refractivity contribution >= 4 is 49.0 Å². The highest BCUT2D eigenvalue weighted by Crippen LogP contribution is 2.20. The van der Waals surface area contributed by atoms with E-state index in [-0.39, 0.29) is 0 Å². The number of rotatable bonds is 5. The maximum atomic E-state index is 11.4. The Bertz CT molecular complexity index is 580. The zero-order valence-electron chi connectivity index (χ0n) is 10.3. The quantitative estimate of drug-likeness (QED) is 0.853. The minimum absolute atomic E-state index is 0.406. The van der Waals surface area contributed by atoms with E-state index in [1.807, 2.05) is 24.3 Å². The molecule has 1 N–H and O–H groups in total. The standard InChI is InChI=1S/C13H14NO2.ClH.Mg/c1-2-3-8-14-9-11(13(15)16)10-6-4-5-7-12(10)14;;/h4-7H,2-3,8H2,1H3,(H,15,16);1H;/q;;+1/p-1. The first kappa shape index (κ1) is 13.7. The van der Waals surface area contributed by atoms with Crippen molar-refractivity contribution in [3.05, 3.63) is 29.8 Å². The van der Waals surface area contributed by atoms with Crippen molar-refractivity contribution < 1.29 is 9.90 Å². The lowest BCUT2D eigenvalue weighted by Crippen LogP contribution is -2.26. The van der Waals surface area contributed by atoms with Crippen molar-refractivity contribution in [1.82, 2.24) is 4.57 Å². The van der Waals surface area contributed by atoms with E-state index in [1.54, 1.807) is 0 Å². The number of hydrogen-bond acceptors (Lipinski definition) is 1. The summed E-state index contributed by atoms with van der Waals surface area (Å²) in [6.07, 6.45) is 2.12.